The Morgan fingerprint density at radius 1 is 0.750 bits per heavy atom. The van der Waals surface area contributed by atoms with E-state index in [1.807, 2.05) is 26.0 Å². The van der Waals surface area contributed by atoms with Crippen molar-refractivity contribution in [2.24, 2.45) is 0 Å². The van der Waals surface area contributed by atoms with Gasteiger partial charge in [-0.2, -0.15) is 0 Å². The number of aromatic hydroxyl groups is 2. The Hall–Kier alpha value is -1.61. The summed E-state index contributed by atoms with van der Waals surface area (Å²) in [5.41, 5.74) is 4.03. The minimum Gasteiger partial charge on any atom is -0.508 e. The van der Waals surface area contributed by atoms with Crippen LogP contribution in [-0.4, -0.2) is 10.2 Å². The van der Waals surface area contributed by atoms with Crippen molar-refractivity contribution in [2.75, 3.05) is 0 Å². The molecule has 0 bridgehead atoms. The number of aryl methyl sites for hydroxylation is 2. The van der Waals surface area contributed by atoms with Crippen molar-refractivity contribution in [3.8, 4) is 11.5 Å². The molecular formula is C21H26O2S. The van der Waals surface area contributed by atoms with Crippen LogP contribution in [0.1, 0.15) is 56.4 Å². The number of phenols is 2. The molecule has 3 rings (SSSR count). The summed E-state index contributed by atoms with van der Waals surface area (Å²) in [7, 11) is 0. The number of fused-ring (bicyclic) bond motifs is 2. The highest BCUT2D eigenvalue weighted by Gasteiger charge is 2.37. The molecule has 2 nitrogen and oxygen atoms in total. The average molecular weight is 343 g/mol. The largest absolute Gasteiger partial charge is 0.508 e. The zero-order valence-corrected chi connectivity index (χ0v) is 16.1. The molecule has 2 aromatic rings. The van der Waals surface area contributed by atoms with Gasteiger partial charge in [-0.05, 0) is 77.6 Å². The zero-order chi connectivity index (χ0) is 17.9. The van der Waals surface area contributed by atoms with Crippen LogP contribution >= 0.6 is 11.8 Å². The summed E-state index contributed by atoms with van der Waals surface area (Å²) >= 11 is 1.74. The fourth-order valence-corrected chi connectivity index (χ4v) is 5.58. The molecule has 0 atom stereocenters. The van der Waals surface area contributed by atoms with E-state index >= 15 is 0 Å². The molecule has 0 radical (unpaired) electrons. The third-order valence-electron chi connectivity index (χ3n) is 5.16. The SMILES string of the molecule is Cc1cc2c(cc1O)C(C)(C)CC(C)(C)c1cc(O)c(C)cc1S2. The normalized spacial score (nSPS) is 18.2. The Balaban J connectivity index is 2.30. The molecule has 3 heteroatoms. The van der Waals surface area contributed by atoms with Gasteiger partial charge in [0.1, 0.15) is 11.5 Å². The molecular weight excluding hydrogens is 316 g/mol. The monoisotopic (exact) mass is 342 g/mol. The summed E-state index contributed by atoms with van der Waals surface area (Å²) in [6.45, 7) is 12.8. The number of hydrogen-bond acceptors (Lipinski definition) is 3. The first kappa shape index (κ1) is 17.2. The average Bonchev–Trinajstić information content (AvgIpc) is 2.44. The molecule has 0 saturated carbocycles. The van der Waals surface area contributed by atoms with Gasteiger partial charge in [0.25, 0.3) is 0 Å². The van der Waals surface area contributed by atoms with Crippen molar-refractivity contribution in [1.29, 1.82) is 0 Å². The highest BCUT2D eigenvalue weighted by atomic mass is 32.2. The van der Waals surface area contributed by atoms with Gasteiger partial charge < -0.3 is 10.2 Å². The van der Waals surface area contributed by atoms with Crippen molar-refractivity contribution < 1.29 is 10.2 Å². The van der Waals surface area contributed by atoms with Gasteiger partial charge >= 0.3 is 0 Å². The van der Waals surface area contributed by atoms with Crippen LogP contribution in [0.15, 0.2) is 34.1 Å². The van der Waals surface area contributed by atoms with Crippen LogP contribution in [0.3, 0.4) is 0 Å². The van der Waals surface area contributed by atoms with Gasteiger partial charge in [-0.15, -0.1) is 0 Å². The van der Waals surface area contributed by atoms with Crippen LogP contribution in [0.5, 0.6) is 11.5 Å². The molecule has 1 aliphatic rings. The van der Waals surface area contributed by atoms with Crippen LogP contribution in [0, 0.1) is 13.8 Å². The summed E-state index contributed by atoms with van der Waals surface area (Å²) in [5.74, 6) is 0.728. The quantitative estimate of drug-likeness (QED) is 0.633. The van der Waals surface area contributed by atoms with E-state index < -0.39 is 0 Å². The maximum absolute atomic E-state index is 10.2. The van der Waals surface area contributed by atoms with E-state index in [1.54, 1.807) is 11.8 Å². The molecule has 0 saturated heterocycles. The first-order valence-corrected chi connectivity index (χ1v) is 9.19. The van der Waals surface area contributed by atoms with Gasteiger partial charge in [0.15, 0.2) is 0 Å². The maximum atomic E-state index is 10.2. The lowest BCUT2D eigenvalue weighted by Crippen LogP contribution is -2.32. The van der Waals surface area contributed by atoms with Crippen LogP contribution in [0.2, 0.25) is 0 Å². The summed E-state index contributed by atoms with van der Waals surface area (Å²) in [5, 5.41) is 20.5. The second-order valence-electron chi connectivity index (χ2n) is 8.32. The molecule has 0 aromatic heterocycles. The molecule has 0 amide bonds. The van der Waals surface area contributed by atoms with Gasteiger partial charge in [0.05, 0.1) is 0 Å². The molecule has 0 spiro atoms. The Kier molecular flexibility index (Phi) is 3.91. The predicted molar refractivity (Wildman–Crippen MR) is 100 cm³/mol. The van der Waals surface area contributed by atoms with Gasteiger partial charge in [-0.1, -0.05) is 39.5 Å². The lowest BCUT2D eigenvalue weighted by atomic mass is 9.68. The minimum atomic E-state index is -0.0742. The number of benzene rings is 2. The van der Waals surface area contributed by atoms with E-state index in [4.69, 9.17) is 0 Å². The van der Waals surface area contributed by atoms with Gasteiger partial charge in [-0.25, -0.2) is 0 Å². The van der Waals surface area contributed by atoms with Gasteiger partial charge in [-0.3, -0.25) is 0 Å². The van der Waals surface area contributed by atoms with Crippen molar-refractivity contribution in [3.63, 3.8) is 0 Å². The van der Waals surface area contributed by atoms with Crippen molar-refractivity contribution >= 4 is 11.8 Å². The first-order valence-electron chi connectivity index (χ1n) is 8.37. The van der Waals surface area contributed by atoms with Crippen molar-refractivity contribution in [3.05, 3.63) is 46.5 Å². The standard InChI is InChI=1S/C21H26O2S/c1-12-7-18-14(9-16(12)22)20(3,4)11-21(5,6)15-10-17(23)13(2)8-19(15)24-18/h7-10,22-23H,11H2,1-6H3. The maximum Gasteiger partial charge on any atom is 0.118 e. The van der Waals surface area contributed by atoms with Gasteiger partial charge in [0, 0.05) is 9.79 Å². The number of hydrogen-bond donors (Lipinski definition) is 2. The summed E-state index contributed by atoms with van der Waals surface area (Å²) in [6.07, 6.45) is 0.936. The number of phenolic OH excluding ortho intramolecular Hbond substituents is 2. The van der Waals surface area contributed by atoms with Crippen LogP contribution < -0.4 is 0 Å². The molecule has 0 unspecified atom stereocenters. The predicted octanol–water partition coefficient (Wildman–Crippen LogP) is 5.82. The lowest BCUT2D eigenvalue weighted by Gasteiger charge is -2.40. The summed E-state index contributed by atoms with van der Waals surface area (Å²) in [4.78, 5) is 2.38. The van der Waals surface area contributed by atoms with E-state index in [0.29, 0.717) is 11.5 Å². The molecule has 1 heterocycles. The fraction of sp³-hybridized carbons (Fsp3) is 0.429. The highest BCUT2D eigenvalue weighted by molar-refractivity contribution is 7.99. The minimum absolute atomic E-state index is 0.0742. The van der Waals surface area contributed by atoms with Crippen molar-refractivity contribution in [2.45, 2.75) is 68.6 Å². The molecule has 2 aromatic carbocycles. The topological polar surface area (TPSA) is 40.5 Å². The first-order chi connectivity index (χ1) is 11.0. The third-order valence-corrected chi connectivity index (χ3v) is 6.27. The Bertz CT molecular complexity index is 752. The molecule has 128 valence electrons. The van der Waals surface area contributed by atoms with Crippen LogP contribution in [0.4, 0.5) is 0 Å². The Morgan fingerprint density at radius 3 is 1.50 bits per heavy atom. The van der Waals surface area contributed by atoms with Crippen molar-refractivity contribution in [1.82, 2.24) is 0 Å². The molecule has 0 aliphatic carbocycles. The third kappa shape index (κ3) is 2.79. The van der Waals surface area contributed by atoms with E-state index in [0.717, 1.165) is 17.5 Å². The van der Waals surface area contributed by atoms with E-state index in [1.165, 1.54) is 20.9 Å². The molecule has 2 N–H and O–H groups in total. The van der Waals surface area contributed by atoms with Crippen LogP contribution in [0.25, 0.3) is 0 Å². The molecule has 1 aliphatic heterocycles. The second kappa shape index (κ2) is 5.45. The Labute approximate surface area is 148 Å². The molecule has 24 heavy (non-hydrogen) atoms. The lowest BCUT2D eigenvalue weighted by molar-refractivity contribution is 0.336. The molecule has 0 fully saturated rings. The summed E-state index contributed by atoms with van der Waals surface area (Å²) < 4.78 is 0. The van der Waals surface area contributed by atoms with E-state index in [9.17, 15) is 10.2 Å². The zero-order valence-electron chi connectivity index (χ0n) is 15.3. The van der Waals surface area contributed by atoms with E-state index in [-0.39, 0.29) is 10.8 Å². The number of rotatable bonds is 0. The smallest absolute Gasteiger partial charge is 0.118 e. The Morgan fingerprint density at radius 2 is 1.12 bits per heavy atom. The second-order valence-corrected chi connectivity index (χ2v) is 9.40. The summed E-state index contributed by atoms with van der Waals surface area (Å²) in [6, 6.07) is 8.04. The van der Waals surface area contributed by atoms with E-state index in [2.05, 4.69) is 39.8 Å². The van der Waals surface area contributed by atoms with Gasteiger partial charge in [0.2, 0.25) is 0 Å². The highest BCUT2D eigenvalue weighted by Crippen LogP contribution is 2.51. The fourth-order valence-electron chi connectivity index (χ4n) is 3.98. The van der Waals surface area contributed by atoms with Crippen LogP contribution in [-0.2, 0) is 10.8 Å².